The van der Waals surface area contributed by atoms with Crippen molar-refractivity contribution in [3.05, 3.63) is 194 Å². The van der Waals surface area contributed by atoms with Gasteiger partial charge in [-0.1, -0.05) is 182 Å². The molecule has 244 valence electrons. The topological polar surface area (TPSA) is 0 Å². The molecule has 0 unspecified atom stereocenters. The molecule has 0 bridgehead atoms. The Labute approximate surface area is 311 Å². The molecule has 0 spiro atoms. The van der Waals surface area contributed by atoms with Gasteiger partial charge in [-0.2, -0.15) is 0 Å². The summed E-state index contributed by atoms with van der Waals surface area (Å²) in [6.45, 7) is 0. The van der Waals surface area contributed by atoms with Crippen molar-refractivity contribution >= 4 is 52.2 Å². The van der Waals surface area contributed by atoms with Gasteiger partial charge in [0, 0.05) is 20.2 Å². The van der Waals surface area contributed by atoms with Crippen molar-refractivity contribution in [1.82, 2.24) is 0 Å². The molecule has 0 radical (unpaired) electrons. The van der Waals surface area contributed by atoms with Gasteiger partial charge in [-0.3, -0.25) is 0 Å². The largest absolute Gasteiger partial charge is 0.134 e. The summed E-state index contributed by atoms with van der Waals surface area (Å²) in [7, 11) is 0. The van der Waals surface area contributed by atoms with E-state index in [9.17, 15) is 0 Å². The zero-order valence-corrected chi connectivity index (χ0v) is 29.9. The van der Waals surface area contributed by atoms with Crippen LogP contribution < -0.4 is 0 Å². The lowest BCUT2D eigenvalue weighted by molar-refractivity contribution is 1.58. The number of hydrogen-bond acceptors (Lipinski definition) is 2. The highest BCUT2D eigenvalue weighted by atomic mass is 32.1. The minimum atomic E-state index is 1.23. The molecule has 10 rings (SSSR count). The van der Waals surface area contributed by atoms with Crippen LogP contribution in [0.15, 0.2) is 194 Å². The molecule has 0 amide bonds. The molecule has 0 fully saturated rings. The van der Waals surface area contributed by atoms with Gasteiger partial charge in [0.15, 0.2) is 0 Å². The first-order chi connectivity index (χ1) is 25.7. The van der Waals surface area contributed by atoms with Crippen LogP contribution >= 0.6 is 22.7 Å². The van der Waals surface area contributed by atoms with Gasteiger partial charge in [-0.05, 0) is 78.9 Å². The maximum Gasteiger partial charge on any atom is 0.0542 e. The minimum Gasteiger partial charge on any atom is -0.134 e. The van der Waals surface area contributed by atoms with Crippen LogP contribution in [0, 0.1) is 0 Å². The highest BCUT2D eigenvalue weighted by molar-refractivity contribution is 7.36. The molecule has 0 atom stereocenters. The van der Waals surface area contributed by atoms with Gasteiger partial charge >= 0.3 is 0 Å². The summed E-state index contributed by atoms with van der Waals surface area (Å²) in [6, 6.07) is 70.7. The van der Waals surface area contributed by atoms with Gasteiger partial charge in [0.2, 0.25) is 0 Å². The van der Waals surface area contributed by atoms with E-state index in [0.29, 0.717) is 0 Å². The Kier molecular flexibility index (Phi) is 7.64. The van der Waals surface area contributed by atoms with Crippen LogP contribution in [0.25, 0.3) is 96.3 Å². The number of hydrogen-bond donors (Lipinski definition) is 0. The second kappa shape index (κ2) is 12.9. The Hall–Kier alpha value is -6.06. The molecule has 0 aliphatic heterocycles. The third kappa shape index (κ3) is 5.63. The van der Waals surface area contributed by atoms with Crippen LogP contribution in [0.1, 0.15) is 0 Å². The van der Waals surface area contributed by atoms with E-state index in [4.69, 9.17) is 0 Å². The van der Waals surface area contributed by atoms with Crippen LogP contribution in [0.4, 0.5) is 0 Å². The van der Waals surface area contributed by atoms with E-state index in [1.807, 2.05) is 22.7 Å². The number of benzene rings is 8. The summed E-state index contributed by atoms with van der Waals surface area (Å²) in [4.78, 5) is 0. The fourth-order valence-corrected chi connectivity index (χ4v) is 10.0. The molecule has 0 saturated heterocycles. The first-order valence-electron chi connectivity index (χ1n) is 17.6. The van der Waals surface area contributed by atoms with Gasteiger partial charge in [0.05, 0.1) is 9.40 Å². The van der Waals surface area contributed by atoms with Crippen molar-refractivity contribution < 1.29 is 0 Å². The van der Waals surface area contributed by atoms with Gasteiger partial charge < -0.3 is 0 Å². The fraction of sp³-hybridized carbons (Fsp3) is 0. The molecule has 0 nitrogen and oxygen atoms in total. The third-order valence-electron chi connectivity index (χ3n) is 10.2. The number of fused-ring (bicyclic) bond motifs is 5. The van der Waals surface area contributed by atoms with E-state index in [0.717, 1.165) is 0 Å². The molecule has 0 aliphatic carbocycles. The SMILES string of the molecule is c1ccc(-c2ccc(-c3ccc(-c4ccc5c(c4)sc4c6ccc(-c7ccc(-c8ccc(-c9ccccc9)cc8)cc7)cc6sc54)cc3)cc2)cc1. The average molecular weight is 697 g/mol. The van der Waals surface area contributed by atoms with Crippen LogP contribution in [0.3, 0.4) is 0 Å². The fourth-order valence-electron chi connectivity index (χ4n) is 7.30. The Morgan fingerprint density at radius 2 is 0.442 bits per heavy atom. The molecule has 52 heavy (non-hydrogen) atoms. The predicted octanol–water partition coefficient (Wildman–Crippen LogP) is 15.3. The van der Waals surface area contributed by atoms with E-state index >= 15 is 0 Å². The van der Waals surface area contributed by atoms with Crippen molar-refractivity contribution in [2.45, 2.75) is 0 Å². The monoisotopic (exact) mass is 696 g/mol. The zero-order valence-electron chi connectivity index (χ0n) is 28.3. The molecule has 0 aliphatic rings. The van der Waals surface area contributed by atoms with Crippen molar-refractivity contribution in [1.29, 1.82) is 0 Å². The quantitative estimate of drug-likeness (QED) is 0.162. The van der Waals surface area contributed by atoms with Crippen LogP contribution in [-0.4, -0.2) is 0 Å². The predicted molar refractivity (Wildman–Crippen MR) is 227 cm³/mol. The van der Waals surface area contributed by atoms with Crippen molar-refractivity contribution in [3.63, 3.8) is 0 Å². The van der Waals surface area contributed by atoms with Crippen LogP contribution in [0.2, 0.25) is 0 Å². The molecular formula is C50H32S2. The molecule has 2 heteroatoms. The average Bonchev–Trinajstić information content (AvgIpc) is 3.77. The Balaban J connectivity index is 0.884. The van der Waals surface area contributed by atoms with Gasteiger partial charge in [-0.15, -0.1) is 22.7 Å². The van der Waals surface area contributed by atoms with Gasteiger partial charge in [-0.25, -0.2) is 0 Å². The summed E-state index contributed by atoms with van der Waals surface area (Å²) in [5.41, 5.74) is 14.9. The molecule has 2 aromatic heterocycles. The molecule has 0 saturated carbocycles. The molecular weight excluding hydrogens is 665 g/mol. The normalized spacial score (nSPS) is 11.5. The van der Waals surface area contributed by atoms with E-state index in [2.05, 4.69) is 194 Å². The second-order valence-electron chi connectivity index (χ2n) is 13.3. The van der Waals surface area contributed by atoms with Crippen molar-refractivity contribution in [3.8, 4) is 66.8 Å². The lowest BCUT2D eigenvalue weighted by atomic mass is 9.98. The van der Waals surface area contributed by atoms with E-state index in [1.165, 1.54) is 96.3 Å². The van der Waals surface area contributed by atoms with E-state index < -0.39 is 0 Å². The van der Waals surface area contributed by atoms with E-state index in [1.54, 1.807) is 0 Å². The summed E-state index contributed by atoms with van der Waals surface area (Å²) in [5.74, 6) is 0. The van der Waals surface area contributed by atoms with Crippen molar-refractivity contribution in [2.75, 3.05) is 0 Å². The smallest absolute Gasteiger partial charge is 0.0542 e. The van der Waals surface area contributed by atoms with E-state index in [-0.39, 0.29) is 0 Å². The minimum absolute atomic E-state index is 1.23. The summed E-state index contributed by atoms with van der Waals surface area (Å²) in [6.07, 6.45) is 0. The van der Waals surface area contributed by atoms with Gasteiger partial charge in [0.25, 0.3) is 0 Å². The zero-order chi connectivity index (χ0) is 34.4. The Morgan fingerprint density at radius 3 is 0.731 bits per heavy atom. The highest BCUT2D eigenvalue weighted by Crippen LogP contribution is 2.46. The maximum atomic E-state index is 2.37. The highest BCUT2D eigenvalue weighted by Gasteiger charge is 2.14. The lowest BCUT2D eigenvalue weighted by Crippen LogP contribution is -1.82. The summed E-state index contributed by atoms with van der Waals surface area (Å²) in [5, 5.41) is 2.70. The summed E-state index contributed by atoms with van der Waals surface area (Å²) >= 11 is 3.83. The van der Waals surface area contributed by atoms with Crippen LogP contribution in [0.5, 0.6) is 0 Å². The summed E-state index contributed by atoms with van der Waals surface area (Å²) < 4.78 is 5.47. The lowest BCUT2D eigenvalue weighted by Gasteiger charge is -2.07. The molecule has 2 heterocycles. The molecule has 10 aromatic rings. The number of thiophene rings is 2. The van der Waals surface area contributed by atoms with Gasteiger partial charge in [0.1, 0.15) is 0 Å². The Bertz CT molecular complexity index is 2620. The van der Waals surface area contributed by atoms with Crippen molar-refractivity contribution in [2.24, 2.45) is 0 Å². The Morgan fingerprint density at radius 1 is 0.212 bits per heavy atom. The third-order valence-corrected chi connectivity index (χ3v) is 12.7. The first-order valence-corrected chi connectivity index (χ1v) is 19.3. The molecule has 8 aromatic carbocycles. The standard InChI is InChI=1S/C50H32S2/c1-3-7-33(8-4-1)35-11-15-37(16-12-35)39-19-23-41(24-20-39)43-27-29-45-47(31-43)51-50-46-30-28-44(32-48(46)52-49(45)50)42-25-21-40(22-26-42)38-17-13-36(14-18-38)34-9-5-2-6-10-34/h1-32H. The second-order valence-corrected chi connectivity index (χ2v) is 15.4. The number of rotatable bonds is 6. The first kappa shape index (κ1) is 30.7. The maximum absolute atomic E-state index is 2.37. The van der Waals surface area contributed by atoms with Crippen LogP contribution in [-0.2, 0) is 0 Å². The molecule has 0 N–H and O–H groups in total.